The van der Waals surface area contributed by atoms with Gasteiger partial charge in [0.1, 0.15) is 0 Å². The number of amides is 2. The van der Waals surface area contributed by atoms with Crippen LogP contribution in [0.4, 0.5) is 0 Å². The highest BCUT2D eigenvalue weighted by Crippen LogP contribution is 2.23. The number of aliphatic carboxylic acids is 1. The second-order valence-corrected chi connectivity index (χ2v) is 7.47. The van der Waals surface area contributed by atoms with Crippen molar-refractivity contribution in [2.75, 3.05) is 26.8 Å². The zero-order chi connectivity index (χ0) is 16.3. The van der Waals surface area contributed by atoms with Crippen molar-refractivity contribution in [2.24, 2.45) is 0 Å². The Morgan fingerprint density at radius 3 is 2.73 bits per heavy atom. The summed E-state index contributed by atoms with van der Waals surface area (Å²) >= 11 is 4.54. The Morgan fingerprint density at radius 1 is 1.50 bits per heavy atom. The lowest BCUT2D eigenvalue weighted by Crippen LogP contribution is -2.57. The Balaban J connectivity index is 1.96. The number of nitrogens with one attached hydrogen (secondary N) is 1. The van der Waals surface area contributed by atoms with Crippen LogP contribution in [0.3, 0.4) is 0 Å². The van der Waals surface area contributed by atoms with E-state index in [1.807, 2.05) is 0 Å². The average molecular weight is 391 g/mol. The second kappa shape index (κ2) is 6.76. The van der Waals surface area contributed by atoms with E-state index < -0.39 is 17.4 Å². The Kier molecular flexibility index (Phi) is 5.20. The van der Waals surface area contributed by atoms with Gasteiger partial charge in [0.2, 0.25) is 5.91 Å². The first-order valence-corrected chi connectivity index (χ1v) is 8.08. The smallest absolute Gasteiger partial charge is 0.331 e. The Bertz CT molecular complexity index is 597. The van der Waals surface area contributed by atoms with Crippen LogP contribution in [0.5, 0.6) is 0 Å². The SMILES string of the molecule is CN(CC(=O)NC1(C(=O)O)CCOC1)C(=O)c1ccc(Br)s1. The largest absolute Gasteiger partial charge is 0.479 e. The van der Waals surface area contributed by atoms with Crippen molar-refractivity contribution in [1.29, 1.82) is 0 Å². The summed E-state index contributed by atoms with van der Waals surface area (Å²) in [6.45, 7) is -0.00242. The minimum atomic E-state index is -1.40. The molecule has 0 saturated carbocycles. The van der Waals surface area contributed by atoms with E-state index >= 15 is 0 Å². The summed E-state index contributed by atoms with van der Waals surface area (Å²) < 4.78 is 5.89. The second-order valence-electron chi connectivity index (χ2n) is 5.00. The van der Waals surface area contributed by atoms with Gasteiger partial charge in [-0.15, -0.1) is 11.3 Å². The number of ether oxygens (including phenoxy) is 1. The maximum atomic E-state index is 12.1. The first kappa shape index (κ1) is 16.9. The van der Waals surface area contributed by atoms with Crippen LogP contribution in [-0.2, 0) is 14.3 Å². The molecule has 9 heteroatoms. The number of nitrogens with zero attached hydrogens (tertiary/aromatic N) is 1. The number of rotatable bonds is 5. The molecule has 1 unspecified atom stereocenters. The molecular formula is C13H15BrN2O5S. The molecule has 1 aliphatic rings. The predicted molar refractivity (Wildman–Crippen MR) is 82.9 cm³/mol. The Hall–Kier alpha value is -1.45. The van der Waals surface area contributed by atoms with E-state index in [1.54, 1.807) is 12.1 Å². The number of carboxylic acid groups (broad SMARTS) is 1. The molecule has 22 heavy (non-hydrogen) atoms. The van der Waals surface area contributed by atoms with E-state index in [0.717, 1.165) is 3.79 Å². The molecule has 1 aromatic rings. The number of hydrogen-bond donors (Lipinski definition) is 2. The number of carbonyl (C=O) groups excluding carboxylic acids is 2. The van der Waals surface area contributed by atoms with Crippen LogP contribution in [0, 0.1) is 0 Å². The standard InChI is InChI=1S/C13H15BrN2O5S/c1-16(11(18)8-2-3-9(14)22-8)6-10(17)15-13(12(19)20)4-5-21-7-13/h2-3H,4-7H2,1H3,(H,15,17)(H,19,20). The van der Waals surface area contributed by atoms with Gasteiger partial charge in [-0.3, -0.25) is 9.59 Å². The molecule has 0 radical (unpaired) electrons. The van der Waals surface area contributed by atoms with Crippen molar-refractivity contribution in [3.63, 3.8) is 0 Å². The number of thiophene rings is 1. The van der Waals surface area contributed by atoms with E-state index in [9.17, 15) is 19.5 Å². The third-order valence-electron chi connectivity index (χ3n) is 3.32. The molecule has 7 nitrogen and oxygen atoms in total. The maximum absolute atomic E-state index is 12.1. The van der Waals surface area contributed by atoms with Crippen LogP contribution >= 0.6 is 27.3 Å². The lowest BCUT2D eigenvalue weighted by molar-refractivity contribution is -0.147. The molecule has 2 amide bonds. The molecule has 1 atom stereocenters. The molecule has 0 aliphatic carbocycles. The first-order valence-electron chi connectivity index (χ1n) is 6.47. The fourth-order valence-electron chi connectivity index (χ4n) is 2.10. The highest BCUT2D eigenvalue weighted by molar-refractivity contribution is 9.11. The number of halogens is 1. The van der Waals surface area contributed by atoms with Gasteiger partial charge in [0.15, 0.2) is 5.54 Å². The summed E-state index contributed by atoms with van der Waals surface area (Å²) in [6.07, 6.45) is 0.212. The minimum Gasteiger partial charge on any atom is -0.479 e. The summed E-state index contributed by atoms with van der Waals surface area (Å²) in [6, 6.07) is 3.41. The topological polar surface area (TPSA) is 95.9 Å². The molecule has 1 saturated heterocycles. The molecular weight excluding hydrogens is 376 g/mol. The molecule has 0 bridgehead atoms. The van der Waals surface area contributed by atoms with Crippen LogP contribution in [-0.4, -0.2) is 60.1 Å². The first-order chi connectivity index (χ1) is 10.3. The maximum Gasteiger partial charge on any atom is 0.331 e. The van der Waals surface area contributed by atoms with Crippen LogP contribution < -0.4 is 5.32 Å². The number of likely N-dealkylation sites (N-methyl/N-ethyl adjacent to an activating group) is 1. The fraction of sp³-hybridized carbons (Fsp3) is 0.462. The van der Waals surface area contributed by atoms with Gasteiger partial charge in [0.25, 0.3) is 5.91 Å². The number of carbonyl (C=O) groups is 3. The zero-order valence-corrected chi connectivity index (χ0v) is 14.2. The van der Waals surface area contributed by atoms with Crippen LogP contribution in [0.1, 0.15) is 16.1 Å². The molecule has 2 rings (SSSR count). The number of carboxylic acids is 1. The number of hydrogen-bond acceptors (Lipinski definition) is 5. The predicted octanol–water partition coefficient (Wildman–Crippen LogP) is 0.943. The van der Waals surface area contributed by atoms with Crippen LogP contribution in [0.15, 0.2) is 15.9 Å². The molecule has 120 valence electrons. The molecule has 1 fully saturated rings. The van der Waals surface area contributed by atoms with Gasteiger partial charge in [-0.1, -0.05) is 0 Å². The van der Waals surface area contributed by atoms with E-state index in [0.29, 0.717) is 4.88 Å². The molecule has 1 aliphatic heterocycles. The monoisotopic (exact) mass is 390 g/mol. The van der Waals surface area contributed by atoms with E-state index in [1.165, 1.54) is 23.3 Å². The van der Waals surface area contributed by atoms with Crippen molar-refractivity contribution in [2.45, 2.75) is 12.0 Å². The van der Waals surface area contributed by atoms with E-state index in [2.05, 4.69) is 21.2 Å². The highest BCUT2D eigenvalue weighted by Gasteiger charge is 2.44. The normalized spacial score (nSPS) is 20.6. The third kappa shape index (κ3) is 3.65. The molecule has 2 N–H and O–H groups in total. The third-order valence-corrected chi connectivity index (χ3v) is 4.93. The van der Waals surface area contributed by atoms with Gasteiger partial charge in [-0.25, -0.2) is 4.79 Å². The van der Waals surface area contributed by atoms with Gasteiger partial charge in [-0.05, 0) is 28.1 Å². The molecule has 0 aromatic carbocycles. The van der Waals surface area contributed by atoms with Crippen molar-refractivity contribution in [3.8, 4) is 0 Å². The average Bonchev–Trinajstić information content (AvgIpc) is 3.07. The highest BCUT2D eigenvalue weighted by atomic mass is 79.9. The summed E-state index contributed by atoms with van der Waals surface area (Å²) in [5.41, 5.74) is -1.40. The Labute approximate surface area is 139 Å². The lowest BCUT2D eigenvalue weighted by Gasteiger charge is -2.25. The quantitative estimate of drug-likeness (QED) is 0.779. The van der Waals surface area contributed by atoms with Gasteiger partial charge < -0.3 is 20.1 Å². The molecule has 0 spiro atoms. The summed E-state index contributed by atoms with van der Waals surface area (Å²) in [4.78, 5) is 37.2. The Morgan fingerprint density at radius 2 is 2.23 bits per heavy atom. The van der Waals surface area contributed by atoms with Crippen molar-refractivity contribution >= 4 is 45.1 Å². The summed E-state index contributed by atoms with van der Waals surface area (Å²) in [5, 5.41) is 11.7. The zero-order valence-electron chi connectivity index (χ0n) is 11.8. The van der Waals surface area contributed by atoms with Crippen molar-refractivity contribution in [1.82, 2.24) is 10.2 Å². The van der Waals surface area contributed by atoms with Gasteiger partial charge in [-0.2, -0.15) is 0 Å². The minimum absolute atomic E-state index is 0.0659. The molecule has 1 aromatic heterocycles. The van der Waals surface area contributed by atoms with E-state index in [-0.39, 0.29) is 32.1 Å². The van der Waals surface area contributed by atoms with Crippen molar-refractivity contribution < 1.29 is 24.2 Å². The van der Waals surface area contributed by atoms with Gasteiger partial charge in [0.05, 0.1) is 21.8 Å². The van der Waals surface area contributed by atoms with Gasteiger partial charge >= 0.3 is 5.97 Å². The van der Waals surface area contributed by atoms with E-state index in [4.69, 9.17) is 4.74 Å². The van der Waals surface area contributed by atoms with Crippen LogP contribution in [0.2, 0.25) is 0 Å². The summed E-state index contributed by atoms with van der Waals surface area (Å²) in [5.74, 6) is -1.95. The van der Waals surface area contributed by atoms with Crippen molar-refractivity contribution in [3.05, 3.63) is 20.8 Å². The van der Waals surface area contributed by atoms with Gasteiger partial charge in [0, 0.05) is 20.1 Å². The lowest BCUT2D eigenvalue weighted by atomic mass is 9.99. The fourth-order valence-corrected chi connectivity index (χ4v) is 3.48. The molecule has 2 heterocycles. The summed E-state index contributed by atoms with van der Waals surface area (Å²) in [7, 11) is 1.49. The van der Waals surface area contributed by atoms with Crippen LogP contribution in [0.25, 0.3) is 0 Å².